The second-order valence-electron chi connectivity index (χ2n) is 3.91. The molecule has 0 aromatic heterocycles. The van der Waals surface area contributed by atoms with Gasteiger partial charge >= 0.3 is 5.97 Å². The number of hydrogen-bond acceptors (Lipinski definition) is 3. The predicted octanol–water partition coefficient (Wildman–Crippen LogP) is 2.46. The highest BCUT2D eigenvalue weighted by Crippen LogP contribution is 2.32. The molecule has 0 aliphatic carbocycles. The third-order valence-corrected chi connectivity index (χ3v) is 2.82. The summed E-state index contributed by atoms with van der Waals surface area (Å²) in [6, 6.07) is 0. The molecule has 1 unspecified atom stereocenters. The molecule has 0 bridgehead atoms. The Kier molecular flexibility index (Phi) is 4.24. The molecule has 0 aromatic rings. The number of hydrogen-bond donors (Lipinski definition) is 1. The third-order valence-electron chi connectivity index (χ3n) is 2.82. The van der Waals surface area contributed by atoms with Crippen molar-refractivity contribution in [1.29, 1.82) is 0 Å². The molecule has 3 nitrogen and oxygen atoms in total. The monoisotopic (exact) mass is 174 g/mol. The van der Waals surface area contributed by atoms with Crippen molar-refractivity contribution in [3.05, 3.63) is 0 Å². The molecule has 72 valence electrons. The van der Waals surface area contributed by atoms with E-state index in [9.17, 15) is 4.79 Å². The lowest BCUT2D eigenvalue weighted by Crippen LogP contribution is -2.23. The van der Waals surface area contributed by atoms with Crippen LogP contribution < -0.4 is 0 Å². The van der Waals surface area contributed by atoms with Crippen LogP contribution >= 0.6 is 0 Å². The minimum atomic E-state index is -0.552. The Balaban J connectivity index is 4.02. The van der Waals surface area contributed by atoms with Gasteiger partial charge in [0.1, 0.15) is 0 Å². The van der Waals surface area contributed by atoms with E-state index in [2.05, 4.69) is 25.7 Å². The summed E-state index contributed by atoms with van der Waals surface area (Å²) in [6.45, 7) is 8.27. The van der Waals surface area contributed by atoms with E-state index in [1.54, 1.807) is 0 Å². The zero-order chi connectivity index (χ0) is 9.78. The Morgan fingerprint density at radius 2 is 2.08 bits per heavy atom. The molecule has 0 aromatic carbocycles. The van der Waals surface area contributed by atoms with Gasteiger partial charge in [0.2, 0.25) is 0 Å². The smallest absolute Gasteiger partial charge is 0.301 e. The molecule has 0 saturated heterocycles. The highest BCUT2D eigenvalue weighted by molar-refractivity contribution is 5.68. The van der Waals surface area contributed by atoms with Crippen LogP contribution in [0.1, 0.15) is 40.5 Å². The van der Waals surface area contributed by atoms with Crippen LogP contribution in [0.5, 0.6) is 0 Å². The van der Waals surface area contributed by atoms with Crippen molar-refractivity contribution >= 4 is 5.97 Å². The SMILES string of the molecule is CCC(C)(C)C(C)CC(=O)OO. The quantitative estimate of drug-likeness (QED) is 0.526. The fourth-order valence-electron chi connectivity index (χ4n) is 0.912. The molecular formula is C9H18O3. The van der Waals surface area contributed by atoms with Crippen LogP contribution in [0.15, 0.2) is 0 Å². The molecule has 1 N–H and O–H groups in total. The molecule has 0 aliphatic rings. The van der Waals surface area contributed by atoms with E-state index >= 15 is 0 Å². The lowest BCUT2D eigenvalue weighted by Gasteiger charge is -2.29. The minimum absolute atomic E-state index is 0.119. The fraction of sp³-hybridized carbons (Fsp3) is 0.889. The Bertz CT molecular complexity index is 152. The van der Waals surface area contributed by atoms with Gasteiger partial charge in [0.05, 0.1) is 6.42 Å². The predicted molar refractivity (Wildman–Crippen MR) is 46.6 cm³/mol. The zero-order valence-electron chi connectivity index (χ0n) is 8.26. The summed E-state index contributed by atoms with van der Waals surface area (Å²) in [6.07, 6.45) is 1.28. The van der Waals surface area contributed by atoms with Gasteiger partial charge in [-0.3, -0.25) is 0 Å². The Morgan fingerprint density at radius 3 is 2.42 bits per heavy atom. The lowest BCUT2D eigenvalue weighted by molar-refractivity contribution is -0.235. The maximum Gasteiger partial charge on any atom is 0.342 e. The second-order valence-corrected chi connectivity index (χ2v) is 3.91. The van der Waals surface area contributed by atoms with E-state index in [1.807, 2.05) is 6.92 Å². The Hall–Kier alpha value is -0.570. The van der Waals surface area contributed by atoms with Gasteiger partial charge in [-0.2, -0.15) is 5.26 Å². The minimum Gasteiger partial charge on any atom is -0.301 e. The average molecular weight is 174 g/mol. The largest absolute Gasteiger partial charge is 0.342 e. The van der Waals surface area contributed by atoms with Crippen molar-refractivity contribution in [3.63, 3.8) is 0 Å². The van der Waals surface area contributed by atoms with E-state index in [0.717, 1.165) is 6.42 Å². The lowest BCUT2D eigenvalue weighted by atomic mass is 9.76. The molecule has 12 heavy (non-hydrogen) atoms. The van der Waals surface area contributed by atoms with Crippen LogP contribution in [-0.4, -0.2) is 11.2 Å². The van der Waals surface area contributed by atoms with Crippen molar-refractivity contribution in [2.24, 2.45) is 11.3 Å². The van der Waals surface area contributed by atoms with E-state index < -0.39 is 5.97 Å². The summed E-state index contributed by atoms with van der Waals surface area (Å²) >= 11 is 0. The van der Waals surface area contributed by atoms with Crippen LogP contribution in [0.3, 0.4) is 0 Å². The van der Waals surface area contributed by atoms with Gasteiger partial charge in [-0.05, 0) is 11.3 Å². The molecule has 0 fully saturated rings. The number of rotatable bonds is 4. The highest BCUT2D eigenvalue weighted by Gasteiger charge is 2.26. The van der Waals surface area contributed by atoms with Crippen molar-refractivity contribution in [2.45, 2.75) is 40.5 Å². The molecule has 0 saturated carbocycles. The molecule has 0 spiro atoms. The molecule has 0 amide bonds. The number of carbonyl (C=O) groups excluding carboxylic acids is 1. The zero-order valence-corrected chi connectivity index (χ0v) is 8.26. The van der Waals surface area contributed by atoms with Gasteiger partial charge in [0, 0.05) is 0 Å². The fourth-order valence-corrected chi connectivity index (χ4v) is 0.912. The molecule has 0 heterocycles. The summed E-state index contributed by atoms with van der Waals surface area (Å²) in [4.78, 5) is 14.3. The normalized spacial score (nSPS) is 14.1. The summed E-state index contributed by atoms with van der Waals surface area (Å²) in [5.74, 6) is -0.328. The van der Waals surface area contributed by atoms with Gasteiger partial charge in [-0.1, -0.05) is 34.1 Å². The maximum atomic E-state index is 10.7. The van der Waals surface area contributed by atoms with Crippen molar-refractivity contribution in [3.8, 4) is 0 Å². The van der Waals surface area contributed by atoms with Crippen LogP contribution in [-0.2, 0) is 9.68 Å². The van der Waals surface area contributed by atoms with Crippen LogP contribution in [0.25, 0.3) is 0 Å². The molecule has 1 atom stereocenters. The van der Waals surface area contributed by atoms with Crippen molar-refractivity contribution < 1.29 is 14.9 Å². The summed E-state index contributed by atoms with van der Waals surface area (Å²) in [5, 5.41) is 8.07. The summed E-state index contributed by atoms with van der Waals surface area (Å²) < 4.78 is 0. The van der Waals surface area contributed by atoms with Gasteiger partial charge in [-0.15, -0.1) is 0 Å². The maximum absolute atomic E-state index is 10.7. The van der Waals surface area contributed by atoms with Gasteiger partial charge in [0.15, 0.2) is 0 Å². The van der Waals surface area contributed by atoms with Crippen LogP contribution in [0.2, 0.25) is 0 Å². The van der Waals surface area contributed by atoms with Gasteiger partial charge in [0.25, 0.3) is 0 Å². The topological polar surface area (TPSA) is 46.5 Å². The molecular weight excluding hydrogens is 156 g/mol. The van der Waals surface area contributed by atoms with Crippen molar-refractivity contribution in [2.75, 3.05) is 0 Å². The highest BCUT2D eigenvalue weighted by atomic mass is 17.1. The molecule has 0 radical (unpaired) electrons. The van der Waals surface area contributed by atoms with E-state index in [1.165, 1.54) is 0 Å². The Morgan fingerprint density at radius 1 is 1.58 bits per heavy atom. The van der Waals surface area contributed by atoms with E-state index in [0.29, 0.717) is 0 Å². The first-order valence-corrected chi connectivity index (χ1v) is 4.28. The van der Waals surface area contributed by atoms with Crippen LogP contribution in [0, 0.1) is 11.3 Å². The number of carbonyl (C=O) groups is 1. The van der Waals surface area contributed by atoms with Gasteiger partial charge < -0.3 is 4.89 Å². The first kappa shape index (κ1) is 11.4. The van der Waals surface area contributed by atoms with E-state index in [4.69, 9.17) is 5.26 Å². The van der Waals surface area contributed by atoms with Crippen LogP contribution in [0.4, 0.5) is 0 Å². The molecule has 0 rings (SSSR count). The summed E-state index contributed by atoms with van der Waals surface area (Å²) in [5.41, 5.74) is 0.119. The molecule has 3 heteroatoms. The van der Waals surface area contributed by atoms with Crippen molar-refractivity contribution in [1.82, 2.24) is 0 Å². The average Bonchev–Trinajstić information content (AvgIpc) is 2.04. The van der Waals surface area contributed by atoms with Gasteiger partial charge in [-0.25, -0.2) is 4.79 Å². The molecule has 0 aliphatic heterocycles. The third kappa shape index (κ3) is 3.22. The second kappa shape index (κ2) is 4.45. The first-order chi connectivity index (χ1) is 5.44. The van der Waals surface area contributed by atoms with E-state index in [-0.39, 0.29) is 17.8 Å². The summed E-state index contributed by atoms with van der Waals surface area (Å²) in [7, 11) is 0. The Labute approximate surface area is 73.7 Å². The first-order valence-electron chi connectivity index (χ1n) is 4.28. The standard InChI is InChI=1S/C9H18O3/c1-5-9(3,4)7(2)6-8(10)12-11/h7,11H,5-6H2,1-4H3.